The third kappa shape index (κ3) is 9.74. The van der Waals surface area contributed by atoms with E-state index >= 15 is 0 Å². The van der Waals surface area contributed by atoms with Crippen LogP contribution in [0.4, 0.5) is 0 Å². The number of hydrogen-bond acceptors (Lipinski definition) is 0. The molecule has 0 fully saturated rings. The Kier molecular flexibility index (Phi) is 9.51. The first-order chi connectivity index (χ1) is 5.41. The maximum Gasteiger partial charge on any atom is -0.0316 e. The van der Waals surface area contributed by atoms with Crippen molar-refractivity contribution in [2.45, 2.75) is 44.9 Å². The van der Waals surface area contributed by atoms with Crippen LogP contribution in [-0.2, 0) is 0 Å². The van der Waals surface area contributed by atoms with Gasteiger partial charge in [-0.25, -0.2) is 0 Å². The predicted molar refractivity (Wildman–Crippen MR) is 52.2 cm³/mol. The van der Waals surface area contributed by atoms with Gasteiger partial charge >= 0.3 is 0 Å². The molecule has 0 saturated heterocycles. The average molecular weight is 152 g/mol. The van der Waals surface area contributed by atoms with E-state index in [9.17, 15) is 0 Å². The van der Waals surface area contributed by atoms with Gasteiger partial charge in [-0.3, -0.25) is 0 Å². The highest BCUT2D eigenvalue weighted by Gasteiger charge is 1.87. The molecular formula is C11H20. The normalized spacial score (nSPS) is 11.1. The Bertz CT molecular complexity index is 82.0. The fourth-order valence-corrected chi connectivity index (χ4v) is 1.09. The minimum atomic E-state index is 1.10. The molecule has 2 radical (unpaired) electrons. The Morgan fingerprint density at radius 1 is 0.909 bits per heavy atom. The summed E-state index contributed by atoms with van der Waals surface area (Å²) in [5, 5.41) is 0. The molecule has 0 bridgehead atoms. The van der Waals surface area contributed by atoms with Gasteiger partial charge in [-0.15, -0.1) is 0 Å². The molecular weight excluding hydrogens is 132 g/mol. The fraction of sp³-hybridized carbons (Fsp3) is 0.636. The maximum atomic E-state index is 3.81. The zero-order valence-corrected chi connectivity index (χ0v) is 7.52. The van der Waals surface area contributed by atoms with Crippen LogP contribution in [0.2, 0.25) is 0 Å². The molecule has 0 nitrogen and oxygen atoms in total. The summed E-state index contributed by atoms with van der Waals surface area (Å²) in [5.74, 6) is 0. The average Bonchev–Trinajstić information content (AvgIpc) is 2.03. The van der Waals surface area contributed by atoms with Crippen molar-refractivity contribution in [2.75, 3.05) is 0 Å². The van der Waals surface area contributed by atoms with Crippen molar-refractivity contribution in [2.24, 2.45) is 0 Å². The standard InChI is InChI=1S/C11H20/c1-3-5-7-9-11-10-8-6-4-2/h3,5H,1-2,4,6-11H2. The van der Waals surface area contributed by atoms with Gasteiger partial charge in [-0.2, -0.15) is 0 Å². The smallest absolute Gasteiger partial charge is 0.0316 e. The van der Waals surface area contributed by atoms with Crippen molar-refractivity contribution in [3.05, 3.63) is 26.0 Å². The topological polar surface area (TPSA) is 0 Å². The summed E-state index contributed by atoms with van der Waals surface area (Å²) >= 11 is 0. The van der Waals surface area contributed by atoms with E-state index in [1.165, 1.54) is 38.5 Å². The number of unbranched alkanes of at least 4 members (excludes halogenated alkanes) is 6. The van der Waals surface area contributed by atoms with Gasteiger partial charge in [0, 0.05) is 0 Å². The van der Waals surface area contributed by atoms with E-state index in [1.807, 2.05) is 6.08 Å². The molecule has 0 amide bonds. The molecule has 0 rings (SSSR count). The minimum absolute atomic E-state index is 1.10. The SMILES string of the molecule is [CH2]C=CCCCCCCC[CH2]. The largest absolute Gasteiger partial charge is 0.0885 e. The van der Waals surface area contributed by atoms with Crippen LogP contribution in [0.5, 0.6) is 0 Å². The van der Waals surface area contributed by atoms with Gasteiger partial charge in [0.25, 0.3) is 0 Å². The summed E-state index contributed by atoms with van der Waals surface area (Å²) in [5.41, 5.74) is 0. The third-order valence-electron chi connectivity index (χ3n) is 1.79. The van der Waals surface area contributed by atoms with Crippen LogP contribution in [0.3, 0.4) is 0 Å². The van der Waals surface area contributed by atoms with E-state index in [4.69, 9.17) is 0 Å². The summed E-state index contributed by atoms with van der Waals surface area (Å²) < 4.78 is 0. The van der Waals surface area contributed by atoms with Gasteiger partial charge in [-0.05, 0) is 19.8 Å². The number of hydrogen-bond donors (Lipinski definition) is 0. The lowest BCUT2D eigenvalue weighted by atomic mass is 10.1. The second-order valence-corrected chi connectivity index (χ2v) is 2.88. The van der Waals surface area contributed by atoms with E-state index < -0.39 is 0 Å². The number of allylic oxidation sites excluding steroid dienone is 2. The first kappa shape index (κ1) is 10.7. The number of rotatable bonds is 7. The molecule has 0 unspecified atom stereocenters. The molecule has 0 heterocycles. The highest BCUT2D eigenvalue weighted by molar-refractivity contribution is 4.83. The van der Waals surface area contributed by atoms with Gasteiger partial charge in [0.2, 0.25) is 0 Å². The fourth-order valence-electron chi connectivity index (χ4n) is 1.09. The molecule has 64 valence electrons. The molecule has 0 aromatic carbocycles. The van der Waals surface area contributed by atoms with Crippen molar-refractivity contribution in [1.82, 2.24) is 0 Å². The van der Waals surface area contributed by atoms with Gasteiger partial charge < -0.3 is 0 Å². The van der Waals surface area contributed by atoms with Crippen LogP contribution in [0.1, 0.15) is 44.9 Å². The molecule has 0 aliphatic heterocycles. The van der Waals surface area contributed by atoms with E-state index in [1.54, 1.807) is 0 Å². The van der Waals surface area contributed by atoms with Crippen LogP contribution < -0.4 is 0 Å². The highest BCUT2D eigenvalue weighted by atomic mass is 13.9. The molecule has 0 aliphatic rings. The maximum absolute atomic E-state index is 3.81. The van der Waals surface area contributed by atoms with Crippen LogP contribution in [0.25, 0.3) is 0 Å². The summed E-state index contributed by atoms with van der Waals surface area (Å²) in [6.07, 6.45) is 13.0. The predicted octanol–water partition coefficient (Wildman–Crippen LogP) is 3.94. The van der Waals surface area contributed by atoms with E-state index in [0.717, 1.165) is 6.42 Å². The molecule has 0 heteroatoms. The molecule has 0 aromatic heterocycles. The Labute approximate surface area is 71.7 Å². The molecule has 0 atom stereocenters. The van der Waals surface area contributed by atoms with Gasteiger partial charge in [-0.1, -0.05) is 51.2 Å². The third-order valence-corrected chi connectivity index (χ3v) is 1.79. The van der Waals surface area contributed by atoms with Gasteiger partial charge in [0.15, 0.2) is 0 Å². The summed E-state index contributed by atoms with van der Waals surface area (Å²) in [6.45, 7) is 7.46. The van der Waals surface area contributed by atoms with Crippen molar-refractivity contribution in [1.29, 1.82) is 0 Å². The molecule has 0 spiro atoms. The Morgan fingerprint density at radius 2 is 1.55 bits per heavy atom. The second kappa shape index (κ2) is 9.74. The molecule has 0 N–H and O–H groups in total. The van der Waals surface area contributed by atoms with Gasteiger partial charge in [0.05, 0.1) is 0 Å². The van der Waals surface area contributed by atoms with Crippen LogP contribution in [0, 0.1) is 13.8 Å². The van der Waals surface area contributed by atoms with E-state index in [-0.39, 0.29) is 0 Å². The monoisotopic (exact) mass is 152 g/mol. The Hall–Kier alpha value is -0.260. The van der Waals surface area contributed by atoms with Crippen molar-refractivity contribution in [3.8, 4) is 0 Å². The summed E-state index contributed by atoms with van der Waals surface area (Å²) in [6, 6.07) is 0. The van der Waals surface area contributed by atoms with E-state index in [2.05, 4.69) is 19.9 Å². The second-order valence-electron chi connectivity index (χ2n) is 2.88. The Morgan fingerprint density at radius 3 is 2.18 bits per heavy atom. The quantitative estimate of drug-likeness (QED) is 0.485. The van der Waals surface area contributed by atoms with Crippen molar-refractivity contribution < 1.29 is 0 Å². The lowest BCUT2D eigenvalue weighted by Crippen LogP contribution is -1.77. The first-order valence-electron chi connectivity index (χ1n) is 4.65. The lowest BCUT2D eigenvalue weighted by molar-refractivity contribution is 0.621. The lowest BCUT2D eigenvalue weighted by Gasteiger charge is -1.96. The first-order valence-corrected chi connectivity index (χ1v) is 4.65. The zero-order chi connectivity index (χ0) is 8.36. The van der Waals surface area contributed by atoms with Crippen molar-refractivity contribution in [3.63, 3.8) is 0 Å². The van der Waals surface area contributed by atoms with Crippen LogP contribution in [0.15, 0.2) is 12.2 Å². The van der Waals surface area contributed by atoms with Crippen molar-refractivity contribution >= 4 is 0 Å². The zero-order valence-electron chi connectivity index (χ0n) is 7.52. The van der Waals surface area contributed by atoms with Crippen LogP contribution >= 0.6 is 0 Å². The summed E-state index contributed by atoms with van der Waals surface area (Å²) in [7, 11) is 0. The van der Waals surface area contributed by atoms with Crippen LogP contribution in [-0.4, -0.2) is 0 Å². The molecule has 11 heavy (non-hydrogen) atoms. The summed E-state index contributed by atoms with van der Waals surface area (Å²) in [4.78, 5) is 0. The van der Waals surface area contributed by atoms with Gasteiger partial charge in [0.1, 0.15) is 0 Å². The molecule has 0 aliphatic carbocycles. The molecule has 0 aromatic rings. The highest BCUT2D eigenvalue weighted by Crippen LogP contribution is 2.06. The molecule has 0 saturated carbocycles. The van der Waals surface area contributed by atoms with E-state index in [0.29, 0.717) is 0 Å². The Balaban J connectivity index is 2.79. The minimum Gasteiger partial charge on any atom is -0.0885 e.